The van der Waals surface area contributed by atoms with Crippen LogP contribution in [0.25, 0.3) is 0 Å². The van der Waals surface area contributed by atoms with Crippen LogP contribution in [-0.4, -0.2) is 46.8 Å². The van der Waals surface area contributed by atoms with Gasteiger partial charge in [-0.3, -0.25) is 9.36 Å². The van der Waals surface area contributed by atoms with Gasteiger partial charge in [0.1, 0.15) is 5.03 Å². The second-order valence-corrected chi connectivity index (χ2v) is 8.70. The highest BCUT2D eigenvalue weighted by Gasteiger charge is 2.22. The van der Waals surface area contributed by atoms with Crippen molar-refractivity contribution in [3.05, 3.63) is 50.0 Å². The maximum Gasteiger partial charge on any atom is 0.348 e. The van der Waals surface area contributed by atoms with Crippen LogP contribution in [0.4, 0.5) is 5.69 Å². The molecule has 0 atom stereocenters. The van der Waals surface area contributed by atoms with Crippen molar-refractivity contribution < 1.29 is 4.79 Å². The Hall–Kier alpha value is -1.54. The van der Waals surface area contributed by atoms with Crippen molar-refractivity contribution in [2.24, 2.45) is 0 Å². The molecule has 1 N–H and O–H groups in total. The molecule has 0 unspecified atom stereocenters. The number of amides is 1. The molecule has 3 rings (SSSR count). The fourth-order valence-corrected chi connectivity index (χ4v) is 4.36. The molecule has 0 bridgehead atoms. The molecular weight excluding hydrogens is 419 g/mol. The first-order chi connectivity index (χ1) is 13.3. The van der Waals surface area contributed by atoms with Gasteiger partial charge in [0.25, 0.3) is 0 Å². The number of nitrogens with one attached hydrogen (secondary N) is 1. The molecule has 0 aliphatic heterocycles. The Morgan fingerprint density at radius 2 is 2.11 bits per heavy atom. The van der Waals surface area contributed by atoms with Crippen LogP contribution < -0.4 is 11.0 Å². The van der Waals surface area contributed by atoms with Crippen LogP contribution in [0.15, 0.2) is 28.0 Å². The number of anilines is 1. The quantitative estimate of drug-likeness (QED) is 0.528. The zero-order valence-electron chi connectivity index (χ0n) is 15.8. The molecule has 1 aromatic carbocycles. The summed E-state index contributed by atoms with van der Waals surface area (Å²) in [6, 6.07) is 4.90. The smallest absolute Gasteiger partial charge is 0.324 e. The molecular formula is C19H22Cl2N4O2S. The number of benzene rings is 1. The second-order valence-electron chi connectivity index (χ2n) is 6.89. The van der Waals surface area contributed by atoms with Crippen LogP contribution in [-0.2, 0) is 24.2 Å². The molecule has 0 saturated heterocycles. The maximum absolute atomic E-state index is 12.5. The molecule has 1 aliphatic carbocycles. The summed E-state index contributed by atoms with van der Waals surface area (Å²) >= 11 is 13.3. The third kappa shape index (κ3) is 5.08. The number of rotatable bonds is 7. The Morgan fingerprint density at radius 3 is 2.86 bits per heavy atom. The molecule has 150 valence electrons. The van der Waals surface area contributed by atoms with Gasteiger partial charge in [-0.05, 0) is 51.6 Å². The number of fused-ring (bicyclic) bond motifs is 1. The van der Waals surface area contributed by atoms with Gasteiger partial charge in [-0.15, -0.1) is 0 Å². The Bertz CT molecular complexity index is 946. The predicted molar refractivity (Wildman–Crippen MR) is 115 cm³/mol. The molecule has 9 heteroatoms. The number of hydrogen-bond acceptors (Lipinski definition) is 5. The molecule has 28 heavy (non-hydrogen) atoms. The summed E-state index contributed by atoms with van der Waals surface area (Å²) in [5.41, 5.74) is 2.37. The number of thioether (sulfide) groups is 1. The van der Waals surface area contributed by atoms with Gasteiger partial charge in [-0.2, -0.15) is 4.98 Å². The van der Waals surface area contributed by atoms with Crippen molar-refractivity contribution >= 4 is 46.6 Å². The van der Waals surface area contributed by atoms with Gasteiger partial charge < -0.3 is 10.2 Å². The Labute approximate surface area is 178 Å². The van der Waals surface area contributed by atoms with Gasteiger partial charge in [0, 0.05) is 29.4 Å². The predicted octanol–water partition coefficient (Wildman–Crippen LogP) is 3.33. The number of carbonyl (C=O) groups is 1. The van der Waals surface area contributed by atoms with Gasteiger partial charge in [0.05, 0.1) is 16.5 Å². The van der Waals surface area contributed by atoms with E-state index >= 15 is 0 Å². The van der Waals surface area contributed by atoms with Crippen molar-refractivity contribution in [2.45, 2.75) is 30.8 Å². The van der Waals surface area contributed by atoms with Crippen LogP contribution in [0.2, 0.25) is 10.0 Å². The summed E-state index contributed by atoms with van der Waals surface area (Å²) in [4.78, 5) is 31.1. The lowest BCUT2D eigenvalue weighted by molar-refractivity contribution is -0.113. The summed E-state index contributed by atoms with van der Waals surface area (Å²) in [6.07, 6.45) is 2.76. The number of aromatic nitrogens is 2. The van der Waals surface area contributed by atoms with Crippen molar-refractivity contribution in [1.82, 2.24) is 14.5 Å². The molecule has 1 amide bonds. The summed E-state index contributed by atoms with van der Waals surface area (Å²) in [7, 11) is 3.96. The monoisotopic (exact) mass is 440 g/mol. The summed E-state index contributed by atoms with van der Waals surface area (Å²) in [5.74, 6) is -0.0804. The summed E-state index contributed by atoms with van der Waals surface area (Å²) < 4.78 is 1.78. The molecule has 0 spiro atoms. The molecule has 2 aromatic rings. The first-order valence-electron chi connectivity index (χ1n) is 9.00. The molecule has 6 nitrogen and oxygen atoms in total. The standard InChI is InChI=1S/C19H22Cl2N4O2S/c1-24(2)8-9-25-16-5-3-4-13(16)18(23-19(25)27)28-11-17(26)22-15-10-12(20)6-7-14(15)21/h6-7,10H,3-5,8-9,11H2,1-2H3,(H,22,26). The van der Waals surface area contributed by atoms with E-state index in [1.165, 1.54) is 11.8 Å². The minimum atomic E-state index is -0.247. The van der Waals surface area contributed by atoms with E-state index < -0.39 is 0 Å². The Morgan fingerprint density at radius 1 is 1.32 bits per heavy atom. The molecule has 1 aromatic heterocycles. The Kier molecular flexibility index (Phi) is 7.04. The van der Waals surface area contributed by atoms with E-state index in [4.69, 9.17) is 23.2 Å². The topological polar surface area (TPSA) is 67.2 Å². The highest BCUT2D eigenvalue weighted by molar-refractivity contribution is 8.00. The van der Waals surface area contributed by atoms with Gasteiger partial charge in [-0.25, -0.2) is 4.79 Å². The highest BCUT2D eigenvalue weighted by Crippen LogP contribution is 2.30. The molecule has 0 radical (unpaired) electrons. The molecule has 0 saturated carbocycles. The normalized spacial score (nSPS) is 13.0. The van der Waals surface area contributed by atoms with Gasteiger partial charge in [-0.1, -0.05) is 35.0 Å². The number of hydrogen-bond donors (Lipinski definition) is 1. The van der Waals surface area contributed by atoms with Crippen LogP contribution in [0.5, 0.6) is 0 Å². The molecule has 1 heterocycles. The fraction of sp³-hybridized carbons (Fsp3) is 0.421. The van der Waals surface area contributed by atoms with Crippen LogP contribution in [0.1, 0.15) is 17.7 Å². The van der Waals surface area contributed by atoms with Crippen molar-refractivity contribution in [3.63, 3.8) is 0 Å². The van der Waals surface area contributed by atoms with Gasteiger partial charge in [0.15, 0.2) is 0 Å². The van der Waals surface area contributed by atoms with E-state index in [0.717, 1.165) is 37.1 Å². The minimum Gasteiger partial charge on any atom is -0.324 e. The van der Waals surface area contributed by atoms with Crippen LogP contribution >= 0.6 is 35.0 Å². The third-order valence-corrected chi connectivity index (χ3v) is 6.10. The van der Waals surface area contributed by atoms with E-state index in [1.54, 1.807) is 22.8 Å². The summed E-state index contributed by atoms with van der Waals surface area (Å²) in [6.45, 7) is 1.41. The number of likely N-dealkylation sites (N-methyl/N-ethyl adjacent to an activating group) is 1. The lowest BCUT2D eigenvalue weighted by Gasteiger charge is -2.16. The zero-order chi connectivity index (χ0) is 20.3. The molecule has 0 fully saturated rings. The second kappa shape index (κ2) is 9.31. The molecule has 1 aliphatic rings. The largest absolute Gasteiger partial charge is 0.348 e. The van der Waals surface area contributed by atoms with E-state index in [2.05, 4.69) is 10.3 Å². The number of halogens is 2. The lowest BCUT2D eigenvalue weighted by Crippen LogP contribution is -2.31. The average molecular weight is 441 g/mol. The van der Waals surface area contributed by atoms with Crippen LogP contribution in [0.3, 0.4) is 0 Å². The lowest BCUT2D eigenvalue weighted by atomic mass is 10.2. The van der Waals surface area contributed by atoms with E-state index in [1.807, 2.05) is 19.0 Å². The average Bonchev–Trinajstić information content (AvgIpc) is 3.11. The minimum absolute atomic E-state index is 0.142. The van der Waals surface area contributed by atoms with Crippen LogP contribution in [0, 0.1) is 0 Å². The van der Waals surface area contributed by atoms with E-state index in [9.17, 15) is 9.59 Å². The third-order valence-electron chi connectivity index (χ3n) is 4.51. The number of carbonyl (C=O) groups excluding carboxylic acids is 1. The maximum atomic E-state index is 12.5. The highest BCUT2D eigenvalue weighted by atomic mass is 35.5. The SMILES string of the molecule is CN(C)CCn1c2c(c(SCC(=O)Nc3cc(Cl)ccc3Cl)nc1=O)CCC2. The zero-order valence-corrected chi connectivity index (χ0v) is 18.1. The van der Waals surface area contributed by atoms with Gasteiger partial charge in [0.2, 0.25) is 5.91 Å². The van der Waals surface area contributed by atoms with Crippen molar-refractivity contribution in [3.8, 4) is 0 Å². The van der Waals surface area contributed by atoms with E-state index in [0.29, 0.717) is 27.3 Å². The van der Waals surface area contributed by atoms with Crippen molar-refractivity contribution in [1.29, 1.82) is 0 Å². The van der Waals surface area contributed by atoms with E-state index in [-0.39, 0.29) is 17.3 Å². The first-order valence-corrected chi connectivity index (χ1v) is 10.7. The number of nitrogens with zero attached hydrogens (tertiary/aromatic N) is 3. The van der Waals surface area contributed by atoms with Crippen molar-refractivity contribution in [2.75, 3.05) is 31.7 Å². The Balaban J connectivity index is 1.72. The van der Waals surface area contributed by atoms with Gasteiger partial charge >= 0.3 is 5.69 Å². The fourth-order valence-electron chi connectivity index (χ4n) is 3.15. The first kappa shape index (κ1) is 21.2. The summed E-state index contributed by atoms with van der Waals surface area (Å²) in [5, 5.41) is 4.33.